The van der Waals surface area contributed by atoms with Crippen molar-refractivity contribution in [2.24, 2.45) is 0 Å². The molecule has 1 unspecified atom stereocenters. The number of hydrogen-bond acceptors (Lipinski definition) is 3. The molecule has 0 radical (unpaired) electrons. The maximum absolute atomic E-state index is 13.3. The summed E-state index contributed by atoms with van der Waals surface area (Å²) in [5.74, 6) is 0.466. The van der Waals surface area contributed by atoms with E-state index in [1.165, 1.54) is 11.8 Å². The van der Waals surface area contributed by atoms with Crippen molar-refractivity contribution in [1.29, 1.82) is 0 Å². The van der Waals surface area contributed by atoms with Crippen molar-refractivity contribution in [2.45, 2.75) is 57.0 Å². The molecule has 1 aliphatic carbocycles. The van der Waals surface area contributed by atoms with Crippen molar-refractivity contribution in [1.82, 2.24) is 10.2 Å². The standard InChI is InChI=1S/C24H26Cl4N2O2S/c1-15(24(32)29-17-5-2-3-6-17)30(12-18-19(25)7-4-8-20(18)26)23(31)14-33-13-16-9-10-21(27)22(28)11-16/h4,7-11,15,17H,2-3,5-6,12-14H2,1H3,(H,29,32). The van der Waals surface area contributed by atoms with Gasteiger partial charge in [-0.2, -0.15) is 0 Å². The molecule has 2 amide bonds. The summed E-state index contributed by atoms with van der Waals surface area (Å²) < 4.78 is 0. The first-order chi connectivity index (χ1) is 15.8. The van der Waals surface area contributed by atoms with Gasteiger partial charge in [0.2, 0.25) is 11.8 Å². The van der Waals surface area contributed by atoms with Crippen molar-refractivity contribution in [3.63, 3.8) is 0 Å². The van der Waals surface area contributed by atoms with E-state index in [2.05, 4.69) is 5.32 Å². The monoisotopic (exact) mass is 546 g/mol. The number of carbonyl (C=O) groups excluding carboxylic acids is 2. The van der Waals surface area contributed by atoms with E-state index < -0.39 is 6.04 Å². The maximum Gasteiger partial charge on any atom is 0.242 e. The van der Waals surface area contributed by atoms with Crippen LogP contribution in [-0.4, -0.2) is 34.6 Å². The van der Waals surface area contributed by atoms with Crippen molar-refractivity contribution in [2.75, 3.05) is 5.75 Å². The summed E-state index contributed by atoms with van der Waals surface area (Å²) >= 11 is 26.2. The first kappa shape index (κ1) is 26.5. The first-order valence-electron chi connectivity index (χ1n) is 10.8. The number of nitrogens with one attached hydrogen (secondary N) is 1. The van der Waals surface area contributed by atoms with Gasteiger partial charge in [0.25, 0.3) is 0 Å². The van der Waals surface area contributed by atoms with Gasteiger partial charge in [-0.1, -0.05) is 71.4 Å². The van der Waals surface area contributed by atoms with Crippen LogP contribution < -0.4 is 5.32 Å². The van der Waals surface area contributed by atoms with Gasteiger partial charge in [0.1, 0.15) is 6.04 Å². The molecule has 0 spiro atoms. The number of benzene rings is 2. The van der Waals surface area contributed by atoms with E-state index in [1.807, 2.05) is 6.07 Å². The minimum Gasteiger partial charge on any atom is -0.352 e. The number of hydrogen-bond donors (Lipinski definition) is 1. The number of thioether (sulfide) groups is 1. The van der Waals surface area contributed by atoms with Crippen LogP contribution in [0.2, 0.25) is 20.1 Å². The molecule has 1 saturated carbocycles. The largest absolute Gasteiger partial charge is 0.352 e. The van der Waals surface area contributed by atoms with Gasteiger partial charge in [-0.25, -0.2) is 0 Å². The van der Waals surface area contributed by atoms with Gasteiger partial charge >= 0.3 is 0 Å². The molecule has 1 atom stereocenters. The molecule has 1 N–H and O–H groups in total. The maximum atomic E-state index is 13.3. The third-order valence-electron chi connectivity index (χ3n) is 5.74. The van der Waals surface area contributed by atoms with Crippen LogP contribution in [0.5, 0.6) is 0 Å². The third kappa shape index (κ3) is 7.43. The molecule has 3 rings (SSSR count). The molecule has 2 aromatic carbocycles. The van der Waals surface area contributed by atoms with Crippen LogP contribution >= 0.6 is 58.2 Å². The Balaban J connectivity index is 1.70. The van der Waals surface area contributed by atoms with Gasteiger partial charge in [-0.05, 0) is 49.6 Å². The summed E-state index contributed by atoms with van der Waals surface area (Å²) in [5, 5.41) is 4.99. The fourth-order valence-corrected chi connectivity index (χ4v) is 5.49. The van der Waals surface area contributed by atoms with E-state index in [9.17, 15) is 9.59 Å². The Morgan fingerprint density at radius 2 is 1.70 bits per heavy atom. The zero-order chi connectivity index (χ0) is 24.0. The predicted octanol–water partition coefficient (Wildman–Crippen LogP) is 7.01. The van der Waals surface area contributed by atoms with Crippen molar-refractivity contribution in [3.8, 4) is 0 Å². The van der Waals surface area contributed by atoms with Crippen LogP contribution in [0.15, 0.2) is 36.4 Å². The molecule has 0 aromatic heterocycles. The second-order valence-electron chi connectivity index (χ2n) is 8.13. The lowest BCUT2D eigenvalue weighted by Crippen LogP contribution is -2.50. The molecule has 0 aliphatic heterocycles. The third-order valence-corrected chi connectivity index (χ3v) is 8.17. The van der Waals surface area contributed by atoms with Gasteiger partial charge in [0.15, 0.2) is 0 Å². The van der Waals surface area contributed by atoms with E-state index in [1.54, 1.807) is 42.2 Å². The summed E-state index contributed by atoms with van der Waals surface area (Å²) in [6, 6.07) is 10.1. The molecule has 33 heavy (non-hydrogen) atoms. The average Bonchev–Trinajstić information content (AvgIpc) is 3.28. The van der Waals surface area contributed by atoms with Gasteiger partial charge < -0.3 is 10.2 Å². The number of carbonyl (C=O) groups is 2. The molecule has 0 saturated heterocycles. The fourth-order valence-electron chi connectivity index (χ4n) is 3.80. The normalized spacial score (nSPS) is 14.8. The van der Waals surface area contributed by atoms with Crippen LogP contribution in [0.4, 0.5) is 0 Å². The molecular formula is C24H26Cl4N2O2S. The second kappa shape index (κ2) is 12.6. The van der Waals surface area contributed by atoms with Crippen LogP contribution in [0.25, 0.3) is 0 Å². The first-order valence-corrected chi connectivity index (χ1v) is 13.5. The minimum absolute atomic E-state index is 0.157. The smallest absolute Gasteiger partial charge is 0.242 e. The van der Waals surface area contributed by atoms with Gasteiger partial charge in [-0.3, -0.25) is 9.59 Å². The highest BCUT2D eigenvalue weighted by atomic mass is 35.5. The lowest BCUT2D eigenvalue weighted by atomic mass is 10.1. The van der Waals surface area contributed by atoms with Crippen LogP contribution in [0.3, 0.4) is 0 Å². The highest BCUT2D eigenvalue weighted by Crippen LogP contribution is 2.28. The van der Waals surface area contributed by atoms with E-state index in [0.29, 0.717) is 31.4 Å². The molecular weight excluding hydrogens is 522 g/mol. The molecule has 1 aliphatic rings. The average molecular weight is 548 g/mol. The van der Waals surface area contributed by atoms with E-state index >= 15 is 0 Å². The Hall–Kier alpha value is -1.11. The van der Waals surface area contributed by atoms with E-state index in [0.717, 1.165) is 31.2 Å². The number of halogens is 4. The number of rotatable bonds is 9. The highest BCUT2D eigenvalue weighted by Gasteiger charge is 2.29. The highest BCUT2D eigenvalue weighted by molar-refractivity contribution is 7.99. The van der Waals surface area contributed by atoms with Crippen LogP contribution in [-0.2, 0) is 21.9 Å². The van der Waals surface area contributed by atoms with Crippen LogP contribution in [0.1, 0.15) is 43.7 Å². The van der Waals surface area contributed by atoms with Crippen molar-refractivity contribution < 1.29 is 9.59 Å². The Morgan fingerprint density at radius 3 is 2.33 bits per heavy atom. The summed E-state index contributed by atoms with van der Waals surface area (Å²) in [7, 11) is 0. The molecule has 0 bridgehead atoms. The zero-order valence-electron chi connectivity index (χ0n) is 18.3. The zero-order valence-corrected chi connectivity index (χ0v) is 22.1. The SMILES string of the molecule is CC(C(=O)NC1CCCC1)N(Cc1c(Cl)cccc1Cl)C(=O)CSCc1ccc(Cl)c(Cl)c1. The van der Waals surface area contributed by atoms with E-state index in [-0.39, 0.29) is 30.2 Å². The summed E-state index contributed by atoms with van der Waals surface area (Å²) in [4.78, 5) is 27.8. The number of nitrogens with zero attached hydrogens (tertiary/aromatic N) is 1. The molecule has 1 fully saturated rings. The molecule has 9 heteroatoms. The summed E-state index contributed by atoms with van der Waals surface area (Å²) in [5.41, 5.74) is 1.60. The lowest BCUT2D eigenvalue weighted by Gasteiger charge is -2.30. The molecule has 4 nitrogen and oxygen atoms in total. The van der Waals surface area contributed by atoms with Crippen LogP contribution in [0, 0.1) is 0 Å². The number of amides is 2. The van der Waals surface area contributed by atoms with E-state index in [4.69, 9.17) is 46.4 Å². The fraction of sp³-hybridized carbons (Fsp3) is 0.417. The second-order valence-corrected chi connectivity index (χ2v) is 10.7. The Morgan fingerprint density at radius 1 is 1.03 bits per heavy atom. The Labute approximate surface area is 219 Å². The molecule has 178 valence electrons. The van der Waals surface area contributed by atoms with Gasteiger partial charge in [0, 0.05) is 33.9 Å². The predicted molar refractivity (Wildman–Crippen MR) is 139 cm³/mol. The minimum atomic E-state index is -0.656. The molecule has 2 aromatic rings. The van der Waals surface area contributed by atoms with Crippen molar-refractivity contribution >= 4 is 70.0 Å². The lowest BCUT2D eigenvalue weighted by molar-refractivity contribution is -0.138. The van der Waals surface area contributed by atoms with Gasteiger partial charge in [-0.15, -0.1) is 11.8 Å². The summed E-state index contributed by atoms with van der Waals surface area (Å²) in [6.45, 7) is 1.90. The Kier molecular flexibility index (Phi) is 10.1. The quantitative estimate of drug-likeness (QED) is 0.367. The topological polar surface area (TPSA) is 49.4 Å². The Bertz CT molecular complexity index is 978. The van der Waals surface area contributed by atoms with Gasteiger partial charge in [0.05, 0.1) is 15.8 Å². The van der Waals surface area contributed by atoms with Crippen molar-refractivity contribution in [3.05, 3.63) is 67.6 Å². The molecule has 0 heterocycles. The summed E-state index contributed by atoms with van der Waals surface area (Å²) in [6.07, 6.45) is 4.18.